The van der Waals surface area contributed by atoms with Crippen LogP contribution in [0.3, 0.4) is 0 Å². The second kappa shape index (κ2) is 5.69. The number of likely N-dealkylation sites (tertiary alicyclic amines) is 1. The number of hydrogen-bond donors (Lipinski definition) is 2. The third kappa shape index (κ3) is 2.83. The van der Waals surface area contributed by atoms with Gasteiger partial charge in [0.05, 0.1) is 6.61 Å². The molecule has 5 heteroatoms. The highest BCUT2D eigenvalue weighted by molar-refractivity contribution is 6.31. The van der Waals surface area contributed by atoms with Crippen molar-refractivity contribution in [3.05, 3.63) is 34.3 Å². The number of rotatable bonds is 4. The van der Waals surface area contributed by atoms with Crippen molar-refractivity contribution in [3.8, 4) is 0 Å². The number of nitrogens with zero attached hydrogens (tertiary/aromatic N) is 1. The van der Waals surface area contributed by atoms with Crippen LogP contribution < -0.4 is 5.73 Å². The summed E-state index contributed by atoms with van der Waals surface area (Å²) in [6.45, 7) is 1.85. The number of aliphatic hydroxyl groups excluding tert-OH is 1. The largest absolute Gasteiger partial charge is 0.395 e. The maximum atomic E-state index is 11.0. The van der Waals surface area contributed by atoms with Gasteiger partial charge in [-0.1, -0.05) is 17.7 Å². The lowest BCUT2D eigenvalue weighted by atomic mass is 10.1. The Morgan fingerprint density at radius 2 is 2.33 bits per heavy atom. The van der Waals surface area contributed by atoms with Crippen LogP contribution in [-0.4, -0.2) is 35.1 Å². The van der Waals surface area contributed by atoms with Gasteiger partial charge in [0.1, 0.15) is 0 Å². The Hall–Kier alpha value is -1.10. The molecule has 0 aromatic heterocycles. The van der Waals surface area contributed by atoms with E-state index < -0.39 is 5.91 Å². The fraction of sp³-hybridized carbons (Fsp3) is 0.462. The van der Waals surface area contributed by atoms with E-state index in [1.54, 1.807) is 12.1 Å². The summed E-state index contributed by atoms with van der Waals surface area (Å²) < 4.78 is 0. The predicted molar refractivity (Wildman–Crippen MR) is 70.5 cm³/mol. The topological polar surface area (TPSA) is 66.6 Å². The van der Waals surface area contributed by atoms with E-state index in [1.807, 2.05) is 6.07 Å². The Morgan fingerprint density at radius 1 is 1.56 bits per heavy atom. The highest BCUT2D eigenvalue weighted by Gasteiger charge is 2.24. The molecule has 1 aromatic carbocycles. The van der Waals surface area contributed by atoms with Crippen molar-refractivity contribution < 1.29 is 9.90 Å². The molecule has 0 saturated carbocycles. The molecular formula is C13H17ClN2O2. The van der Waals surface area contributed by atoms with Crippen molar-refractivity contribution >= 4 is 17.5 Å². The number of primary amides is 1. The van der Waals surface area contributed by atoms with Crippen LogP contribution >= 0.6 is 11.6 Å². The molecule has 1 aromatic rings. The molecule has 4 nitrogen and oxygen atoms in total. The van der Waals surface area contributed by atoms with Crippen LogP contribution in [0, 0.1) is 0 Å². The maximum Gasteiger partial charge on any atom is 0.248 e. The Bertz CT molecular complexity index is 451. The summed E-state index contributed by atoms with van der Waals surface area (Å²) in [4.78, 5) is 13.2. The van der Waals surface area contributed by atoms with E-state index in [9.17, 15) is 9.90 Å². The molecule has 0 aliphatic carbocycles. The Labute approximate surface area is 111 Å². The molecule has 3 N–H and O–H groups in total. The molecule has 2 rings (SSSR count). The van der Waals surface area contributed by atoms with Crippen LogP contribution in [0.5, 0.6) is 0 Å². The van der Waals surface area contributed by atoms with Gasteiger partial charge < -0.3 is 10.8 Å². The first-order chi connectivity index (χ1) is 8.61. The molecule has 98 valence electrons. The normalized spacial score (nSPS) is 20.2. The molecule has 1 aliphatic rings. The summed E-state index contributed by atoms with van der Waals surface area (Å²) >= 11 is 6.15. The van der Waals surface area contributed by atoms with E-state index in [0.29, 0.717) is 17.1 Å². The van der Waals surface area contributed by atoms with Crippen molar-refractivity contribution in [2.24, 2.45) is 5.73 Å². The summed E-state index contributed by atoms with van der Waals surface area (Å²) in [5.41, 5.74) is 6.58. The fourth-order valence-electron chi connectivity index (χ4n) is 2.36. The zero-order valence-corrected chi connectivity index (χ0v) is 10.9. The van der Waals surface area contributed by atoms with Gasteiger partial charge in [-0.15, -0.1) is 0 Å². The van der Waals surface area contributed by atoms with Crippen LogP contribution in [-0.2, 0) is 6.54 Å². The fourth-order valence-corrected chi connectivity index (χ4v) is 2.60. The van der Waals surface area contributed by atoms with Crippen LogP contribution in [0.25, 0.3) is 0 Å². The second-order valence-corrected chi connectivity index (χ2v) is 5.03. The number of carbonyl (C=O) groups is 1. The van der Waals surface area contributed by atoms with E-state index in [1.165, 1.54) is 0 Å². The Morgan fingerprint density at radius 3 is 2.94 bits per heavy atom. The molecule has 0 unspecified atom stereocenters. The number of aliphatic hydroxyl groups is 1. The Kier molecular flexibility index (Phi) is 4.22. The zero-order chi connectivity index (χ0) is 13.1. The van der Waals surface area contributed by atoms with Crippen molar-refractivity contribution in [2.45, 2.75) is 25.4 Å². The minimum absolute atomic E-state index is 0.178. The van der Waals surface area contributed by atoms with Gasteiger partial charge in [0.25, 0.3) is 0 Å². The molecule has 0 bridgehead atoms. The number of halogens is 1. The number of amides is 1. The van der Waals surface area contributed by atoms with Gasteiger partial charge in [-0.3, -0.25) is 9.69 Å². The van der Waals surface area contributed by atoms with Gasteiger partial charge in [0, 0.05) is 23.2 Å². The van der Waals surface area contributed by atoms with Gasteiger partial charge in [0.15, 0.2) is 0 Å². The summed E-state index contributed by atoms with van der Waals surface area (Å²) in [7, 11) is 0. The summed E-state index contributed by atoms with van der Waals surface area (Å²) in [6, 6.07) is 5.34. The Balaban J connectivity index is 2.12. The van der Waals surface area contributed by atoms with Crippen LogP contribution in [0.1, 0.15) is 28.8 Å². The van der Waals surface area contributed by atoms with Crippen molar-refractivity contribution in [3.63, 3.8) is 0 Å². The van der Waals surface area contributed by atoms with E-state index in [4.69, 9.17) is 17.3 Å². The molecule has 1 fully saturated rings. The number of nitrogens with two attached hydrogens (primary N) is 1. The SMILES string of the molecule is NC(=O)c1ccc(CN2CCC[C@@H]2CO)c(Cl)c1. The molecule has 1 heterocycles. The number of hydrogen-bond acceptors (Lipinski definition) is 3. The van der Waals surface area contributed by atoms with Gasteiger partial charge in [0.2, 0.25) is 5.91 Å². The minimum atomic E-state index is -0.474. The van der Waals surface area contributed by atoms with E-state index in [-0.39, 0.29) is 12.6 Å². The lowest BCUT2D eigenvalue weighted by molar-refractivity contribution is 0.100. The highest BCUT2D eigenvalue weighted by Crippen LogP contribution is 2.24. The van der Waals surface area contributed by atoms with Crippen molar-refractivity contribution in [1.82, 2.24) is 4.90 Å². The lowest BCUT2D eigenvalue weighted by Crippen LogP contribution is -2.31. The van der Waals surface area contributed by atoms with E-state index in [0.717, 1.165) is 24.9 Å². The van der Waals surface area contributed by atoms with Gasteiger partial charge in [-0.2, -0.15) is 0 Å². The standard InChI is InChI=1S/C13H17ClN2O2/c14-12-6-9(13(15)18)3-4-10(12)7-16-5-1-2-11(16)8-17/h3-4,6,11,17H,1-2,5,7-8H2,(H2,15,18)/t11-/m1/s1. The third-order valence-electron chi connectivity index (χ3n) is 3.42. The molecule has 1 atom stereocenters. The van der Waals surface area contributed by atoms with Gasteiger partial charge >= 0.3 is 0 Å². The summed E-state index contributed by atoms with van der Waals surface area (Å²) in [6.07, 6.45) is 2.12. The summed E-state index contributed by atoms with van der Waals surface area (Å²) in [5, 5.41) is 9.82. The highest BCUT2D eigenvalue weighted by atomic mass is 35.5. The molecular weight excluding hydrogens is 252 g/mol. The maximum absolute atomic E-state index is 11.0. The molecule has 1 aliphatic heterocycles. The summed E-state index contributed by atoms with van der Waals surface area (Å²) in [5.74, 6) is -0.474. The number of benzene rings is 1. The van der Waals surface area contributed by atoms with Gasteiger partial charge in [-0.25, -0.2) is 0 Å². The average molecular weight is 269 g/mol. The lowest BCUT2D eigenvalue weighted by Gasteiger charge is -2.23. The third-order valence-corrected chi connectivity index (χ3v) is 3.77. The monoisotopic (exact) mass is 268 g/mol. The average Bonchev–Trinajstić information content (AvgIpc) is 2.78. The van der Waals surface area contributed by atoms with Gasteiger partial charge in [-0.05, 0) is 37.1 Å². The van der Waals surface area contributed by atoms with Crippen LogP contribution in [0.4, 0.5) is 0 Å². The second-order valence-electron chi connectivity index (χ2n) is 4.62. The molecule has 1 amide bonds. The van der Waals surface area contributed by atoms with Crippen molar-refractivity contribution in [1.29, 1.82) is 0 Å². The molecule has 0 spiro atoms. The molecule has 1 saturated heterocycles. The minimum Gasteiger partial charge on any atom is -0.395 e. The van der Waals surface area contributed by atoms with Crippen molar-refractivity contribution in [2.75, 3.05) is 13.2 Å². The first-order valence-corrected chi connectivity index (χ1v) is 6.42. The van der Waals surface area contributed by atoms with Crippen LogP contribution in [0.2, 0.25) is 5.02 Å². The molecule has 0 radical (unpaired) electrons. The van der Waals surface area contributed by atoms with E-state index >= 15 is 0 Å². The predicted octanol–water partition coefficient (Wildman–Crippen LogP) is 1.40. The van der Waals surface area contributed by atoms with E-state index in [2.05, 4.69) is 4.90 Å². The van der Waals surface area contributed by atoms with Crippen LogP contribution in [0.15, 0.2) is 18.2 Å². The quantitative estimate of drug-likeness (QED) is 0.867. The molecule has 18 heavy (non-hydrogen) atoms. The first kappa shape index (κ1) is 13.3. The first-order valence-electron chi connectivity index (χ1n) is 6.05. The zero-order valence-electron chi connectivity index (χ0n) is 10.1. The number of carbonyl (C=O) groups excluding carboxylic acids is 1. The smallest absolute Gasteiger partial charge is 0.248 e.